The smallest absolute Gasteiger partial charge is 0.197 e. The van der Waals surface area contributed by atoms with Crippen molar-refractivity contribution in [3.63, 3.8) is 0 Å². The second-order valence-corrected chi connectivity index (χ2v) is 6.04. The van der Waals surface area contributed by atoms with Gasteiger partial charge in [0.05, 0.1) is 11.0 Å². The van der Waals surface area contributed by atoms with Crippen molar-refractivity contribution in [1.82, 2.24) is 4.57 Å². The van der Waals surface area contributed by atoms with E-state index < -0.39 is 0 Å². The third-order valence-electron chi connectivity index (χ3n) is 4.29. The summed E-state index contributed by atoms with van der Waals surface area (Å²) in [7, 11) is 0. The Bertz CT molecular complexity index is 1030. The van der Waals surface area contributed by atoms with Gasteiger partial charge in [-0.1, -0.05) is 58.0 Å². The van der Waals surface area contributed by atoms with Crippen LogP contribution < -0.4 is 5.43 Å². The number of aromatic nitrogens is 1. The van der Waals surface area contributed by atoms with Gasteiger partial charge in [-0.2, -0.15) is 0 Å². The number of pyridine rings is 1. The highest BCUT2D eigenvalue weighted by Crippen LogP contribution is 2.25. The highest BCUT2D eigenvalue weighted by molar-refractivity contribution is 5.95. The molecule has 0 N–H and O–H groups in total. The molecule has 0 aliphatic heterocycles. The Kier molecular flexibility index (Phi) is 6.95. The van der Waals surface area contributed by atoms with Crippen LogP contribution in [0.3, 0.4) is 0 Å². The Hall–Kier alpha value is -2.87. The quantitative estimate of drug-likeness (QED) is 0.342. The van der Waals surface area contributed by atoms with Crippen molar-refractivity contribution < 1.29 is 0 Å². The zero-order valence-corrected chi connectivity index (χ0v) is 17.2. The zero-order valence-electron chi connectivity index (χ0n) is 17.2. The summed E-state index contributed by atoms with van der Waals surface area (Å²) >= 11 is 0. The van der Waals surface area contributed by atoms with Gasteiger partial charge < -0.3 is 4.57 Å². The largest absolute Gasteiger partial charge is 0.309 e. The third kappa shape index (κ3) is 3.95. The molecule has 0 unspecified atom stereocenters. The molecule has 0 aliphatic carbocycles. The van der Waals surface area contributed by atoms with Gasteiger partial charge in [0.15, 0.2) is 5.43 Å². The molecule has 4 rings (SSSR count). The average molecular weight is 360 g/mol. The lowest BCUT2D eigenvalue weighted by Gasteiger charge is -2.16. The highest BCUT2D eigenvalue weighted by atomic mass is 16.1. The number of nitrogens with zero attached hydrogens (tertiary/aromatic N) is 1. The number of rotatable bonds is 1. The summed E-state index contributed by atoms with van der Waals surface area (Å²) in [4.78, 5) is 12.9. The van der Waals surface area contributed by atoms with Gasteiger partial charge >= 0.3 is 0 Å². The standard InChI is InChI=1S/C21H17NO.2C2H6/c1-14-8-10-17-19(12-14)22(16-6-4-3-5-7-16)20-13-15(2)9-11-18(20)21(17)23;2*1-2/h3-13H,1-2H3;2*1-2H3. The van der Waals surface area contributed by atoms with Crippen LogP contribution in [0.4, 0.5) is 0 Å². The van der Waals surface area contributed by atoms with Crippen molar-refractivity contribution in [2.75, 3.05) is 0 Å². The van der Waals surface area contributed by atoms with E-state index in [0.29, 0.717) is 0 Å². The minimum absolute atomic E-state index is 0.0992. The molecule has 0 saturated heterocycles. The van der Waals surface area contributed by atoms with Crippen molar-refractivity contribution >= 4 is 21.8 Å². The topological polar surface area (TPSA) is 22.0 Å². The number of benzene rings is 3. The molecule has 0 spiro atoms. The molecule has 2 heteroatoms. The molecular weight excluding hydrogens is 330 g/mol. The monoisotopic (exact) mass is 359 g/mol. The maximum absolute atomic E-state index is 12.9. The van der Waals surface area contributed by atoms with E-state index in [1.54, 1.807) is 0 Å². The van der Waals surface area contributed by atoms with Gasteiger partial charge in [-0.15, -0.1) is 0 Å². The number of hydrogen-bond acceptors (Lipinski definition) is 1. The maximum Gasteiger partial charge on any atom is 0.197 e. The number of para-hydroxylation sites is 1. The summed E-state index contributed by atoms with van der Waals surface area (Å²) in [5, 5.41) is 1.52. The molecule has 140 valence electrons. The Morgan fingerprint density at radius 1 is 0.630 bits per heavy atom. The molecule has 0 bridgehead atoms. The minimum Gasteiger partial charge on any atom is -0.309 e. The molecule has 0 atom stereocenters. The highest BCUT2D eigenvalue weighted by Gasteiger charge is 2.12. The van der Waals surface area contributed by atoms with E-state index in [9.17, 15) is 4.79 Å². The summed E-state index contributed by atoms with van der Waals surface area (Å²) in [5.41, 5.74) is 5.38. The van der Waals surface area contributed by atoms with Crippen LogP contribution in [0.25, 0.3) is 27.5 Å². The molecule has 4 aromatic rings. The predicted octanol–water partition coefficient (Wildman–Crippen LogP) is 6.81. The van der Waals surface area contributed by atoms with Gasteiger partial charge in [0, 0.05) is 16.5 Å². The lowest BCUT2D eigenvalue weighted by Crippen LogP contribution is -2.10. The molecule has 1 heterocycles. The van der Waals surface area contributed by atoms with Gasteiger partial charge in [-0.3, -0.25) is 4.79 Å². The van der Waals surface area contributed by atoms with Crippen molar-refractivity contribution in [1.29, 1.82) is 0 Å². The molecule has 27 heavy (non-hydrogen) atoms. The van der Waals surface area contributed by atoms with Gasteiger partial charge in [-0.25, -0.2) is 0 Å². The lowest BCUT2D eigenvalue weighted by atomic mass is 10.1. The zero-order chi connectivity index (χ0) is 20.0. The molecular formula is C25H29NO. The summed E-state index contributed by atoms with van der Waals surface area (Å²) in [6.45, 7) is 12.1. The fourth-order valence-corrected chi connectivity index (χ4v) is 3.17. The fourth-order valence-electron chi connectivity index (χ4n) is 3.17. The second-order valence-electron chi connectivity index (χ2n) is 6.04. The van der Waals surface area contributed by atoms with Crippen LogP contribution in [-0.2, 0) is 0 Å². The molecule has 0 saturated carbocycles. The summed E-state index contributed by atoms with van der Waals surface area (Å²) < 4.78 is 2.19. The van der Waals surface area contributed by atoms with Crippen LogP contribution in [0.5, 0.6) is 0 Å². The van der Waals surface area contributed by atoms with Gasteiger partial charge in [0.2, 0.25) is 0 Å². The SMILES string of the molecule is CC.CC.Cc1ccc2c(=O)c3ccc(C)cc3n(-c3ccccc3)c2c1. The molecule has 0 aliphatic rings. The van der Waals surface area contributed by atoms with Crippen LogP contribution in [0.15, 0.2) is 71.5 Å². The molecule has 0 radical (unpaired) electrons. The van der Waals surface area contributed by atoms with E-state index in [1.807, 2.05) is 70.2 Å². The van der Waals surface area contributed by atoms with Crippen LogP contribution in [0.2, 0.25) is 0 Å². The average Bonchev–Trinajstić information content (AvgIpc) is 2.72. The fraction of sp³-hybridized carbons (Fsp3) is 0.240. The van der Waals surface area contributed by atoms with E-state index in [2.05, 4.69) is 42.7 Å². The van der Waals surface area contributed by atoms with E-state index in [1.165, 1.54) is 0 Å². The lowest BCUT2D eigenvalue weighted by molar-refractivity contribution is 1.15. The second kappa shape index (κ2) is 9.18. The first-order valence-electron chi connectivity index (χ1n) is 9.76. The van der Waals surface area contributed by atoms with Crippen molar-refractivity contribution in [2.24, 2.45) is 0 Å². The predicted molar refractivity (Wildman–Crippen MR) is 119 cm³/mol. The van der Waals surface area contributed by atoms with Gasteiger partial charge in [0.25, 0.3) is 0 Å². The van der Waals surface area contributed by atoms with Crippen molar-refractivity contribution in [3.05, 3.63) is 88.1 Å². The maximum atomic E-state index is 12.9. The summed E-state index contributed by atoms with van der Waals surface area (Å²) in [5.74, 6) is 0. The number of aryl methyl sites for hydroxylation is 2. The molecule has 0 amide bonds. The summed E-state index contributed by atoms with van der Waals surface area (Å²) in [6, 6.07) is 22.3. The first-order valence-corrected chi connectivity index (χ1v) is 9.76. The summed E-state index contributed by atoms with van der Waals surface area (Å²) in [6.07, 6.45) is 0. The third-order valence-corrected chi connectivity index (χ3v) is 4.29. The van der Waals surface area contributed by atoms with Crippen LogP contribution >= 0.6 is 0 Å². The molecule has 1 aromatic heterocycles. The molecule has 3 aromatic carbocycles. The molecule has 0 fully saturated rings. The first-order chi connectivity index (χ1) is 13.1. The van der Waals surface area contributed by atoms with E-state index in [-0.39, 0.29) is 5.43 Å². The Labute approximate surface area is 162 Å². The Morgan fingerprint density at radius 2 is 1.07 bits per heavy atom. The number of fused-ring (bicyclic) bond motifs is 2. The van der Waals surface area contributed by atoms with Crippen LogP contribution in [0.1, 0.15) is 38.8 Å². The van der Waals surface area contributed by atoms with Crippen LogP contribution in [0, 0.1) is 13.8 Å². The molecule has 2 nitrogen and oxygen atoms in total. The van der Waals surface area contributed by atoms with E-state index in [0.717, 1.165) is 38.6 Å². The Balaban J connectivity index is 0.000000614. The van der Waals surface area contributed by atoms with Crippen molar-refractivity contribution in [3.8, 4) is 5.69 Å². The van der Waals surface area contributed by atoms with Gasteiger partial charge in [-0.05, 0) is 61.4 Å². The first kappa shape index (κ1) is 20.4. The number of hydrogen-bond donors (Lipinski definition) is 0. The van der Waals surface area contributed by atoms with Crippen LogP contribution in [-0.4, -0.2) is 4.57 Å². The van der Waals surface area contributed by atoms with E-state index in [4.69, 9.17) is 0 Å². The van der Waals surface area contributed by atoms with Gasteiger partial charge in [0.1, 0.15) is 0 Å². The minimum atomic E-state index is 0.0992. The normalized spacial score (nSPS) is 10.0. The van der Waals surface area contributed by atoms with E-state index >= 15 is 0 Å². The Morgan fingerprint density at radius 3 is 1.52 bits per heavy atom. The van der Waals surface area contributed by atoms with Crippen molar-refractivity contribution in [2.45, 2.75) is 41.5 Å².